The molecule has 1 aromatic carbocycles. The number of hydrogen-bond acceptors (Lipinski definition) is 2. The maximum Gasteiger partial charge on any atom is 0.409 e. The van der Waals surface area contributed by atoms with Gasteiger partial charge in [0.1, 0.15) is 5.75 Å². The average Bonchev–Trinajstić information content (AvgIpc) is 2.05. The molecule has 1 aromatic rings. The topological polar surface area (TPSA) is 52.3 Å². The fourth-order valence-electron chi connectivity index (χ4n) is 1.28. The number of benzene rings is 1. The summed E-state index contributed by atoms with van der Waals surface area (Å²) in [4.78, 5) is 10.7. The van der Waals surface area contributed by atoms with Crippen LogP contribution in [0.5, 0.6) is 5.75 Å². The van der Waals surface area contributed by atoms with Crippen molar-refractivity contribution >= 4 is 28.7 Å². The van der Waals surface area contributed by atoms with E-state index in [9.17, 15) is 4.79 Å². The summed E-state index contributed by atoms with van der Waals surface area (Å²) in [5.41, 5.74) is 6.15. The Balaban J connectivity index is 3.17. The van der Waals surface area contributed by atoms with E-state index in [0.29, 0.717) is 5.75 Å². The van der Waals surface area contributed by atoms with Crippen molar-refractivity contribution in [1.29, 1.82) is 0 Å². The van der Waals surface area contributed by atoms with Gasteiger partial charge in [-0.15, -0.1) is 0 Å². The third-order valence-corrected chi connectivity index (χ3v) is 3.09. The lowest BCUT2D eigenvalue weighted by Crippen LogP contribution is -2.19. The van der Waals surface area contributed by atoms with Crippen molar-refractivity contribution < 1.29 is 9.53 Å². The van der Waals surface area contributed by atoms with Gasteiger partial charge < -0.3 is 10.5 Å². The van der Waals surface area contributed by atoms with Crippen LogP contribution < -0.4 is 10.5 Å². The van der Waals surface area contributed by atoms with E-state index in [1.807, 2.05) is 12.1 Å². The summed E-state index contributed by atoms with van der Waals surface area (Å²) in [6.45, 7) is 6.33. The van der Waals surface area contributed by atoms with Crippen molar-refractivity contribution in [2.24, 2.45) is 5.73 Å². The summed E-state index contributed by atoms with van der Waals surface area (Å²) in [6, 6.07) is 5.62. The molecule has 0 heterocycles. The Kier molecular flexibility index (Phi) is 3.59. The van der Waals surface area contributed by atoms with Gasteiger partial charge in [-0.3, -0.25) is 0 Å². The monoisotopic (exact) mass is 319 g/mol. The van der Waals surface area contributed by atoms with Crippen LogP contribution in [0.15, 0.2) is 18.2 Å². The van der Waals surface area contributed by atoms with Crippen LogP contribution in [0.25, 0.3) is 0 Å². The summed E-state index contributed by atoms with van der Waals surface area (Å²) in [7, 11) is 0. The number of ether oxygens (including phenoxy) is 1. The normalized spacial score (nSPS) is 11.2. The number of rotatable bonds is 1. The minimum absolute atomic E-state index is 0.0214. The molecule has 4 heteroatoms. The molecule has 0 aliphatic rings. The molecular formula is C11H14INO2. The van der Waals surface area contributed by atoms with Crippen LogP contribution >= 0.6 is 22.6 Å². The van der Waals surface area contributed by atoms with E-state index in [-0.39, 0.29) is 5.41 Å². The summed E-state index contributed by atoms with van der Waals surface area (Å²) in [5.74, 6) is 0.524. The fourth-order valence-corrected chi connectivity index (χ4v) is 2.56. The molecule has 0 spiro atoms. The maximum atomic E-state index is 10.7. The SMILES string of the molecule is CC(C)(C)c1cccc(OC(N)=O)c1I. The van der Waals surface area contributed by atoms with E-state index in [0.717, 1.165) is 9.13 Å². The van der Waals surface area contributed by atoms with E-state index in [2.05, 4.69) is 43.4 Å². The van der Waals surface area contributed by atoms with E-state index >= 15 is 0 Å². The summed E-state index contributed by atoms with van der Waals surface area (Å²) in [5, 5.41) is 0. The Hall–Kier alpha value is -0.780. The second-order valence-corrected chi connectivity index (χ2v) is 5.37. The predicted octanol–water partition coefficient (Wildman–Crippen LogP) is 3.05. The van der Waals surface area contributed by atoms with Gasteiger partial charge in [-0.25, -0.2) is 4.79 Å². The first kappa shape index (κ1) is 12.3. The molecule has 0 aliphatic heterocycles. The fraction of sp³-hybridized carbons (Fsp3) is 0.364. The number of nitrogens with two attached hydrogens (primary N) is 1. The van der Waals surface area contributed by atoms with Crippen molar-refractivity contribution in [3.63, 3.8) is 0 Å². The Labute approximate surface area is 103 Å². The molecule has 0 radical (unpaired) electrons. The van der Waals surface area contributed by atoms with Crippen molar-refractivity contribution in [3.8, 4) is 5.75 Å². The zero-order valence-electron chi connectivity index (χ0n) is 9.00. The molecule has 0 saturated heterocycles. The van der Waals surface area contributed by atoms with Crippen LogP contribution in [0.1, 0.15) is 26.3 Å². The molecule has 0 atom stereocenters. The van der Waals surface area contributed by atoms with Gasteiger partial charge in [0.15, 0.2) is 0 Å². The van der Waals surface area contributed by atoms with Crippen molar-refractivity contribution in [2.45, 2.75) is 26.2 Å². The van der Waals surface area contributed by atoms with Crippen LogP contribution in [0.2, 0.25) is 0 Å². The van der Waals surface area contributed by atoms with Crippen molar-refractivity contribution in [3.05, 3.63) is 27.3 Å². The van der Waals surface area contributed by atoms with Crippen molar-refractivity contribution in [1.82, 2.24) is 0 Å². The van der Waals surface area contributed by atoms with Crippen LogP contribution in [0.3, 0.4) is 0 Å². The summed E-state index contributed by atoms with van der Waals surface area (Å²) < 4.78 is 5.84. The number of primary amides is 1. The standard InChI is InChI=1S/C11H14INO2/c1-11(2,3)7-5-4-6-8(9(7)12)15-10(13)14/h4-6H,1-3H3,(H2,13,14). The molecule has 0 aromatic heterocycles. The minimum Gasteiger partial charge on any atom is -0.409 e. The lowest BCUT2D eigenvalue weighted by molar-refractivity contribution is 0.210. The van der Waals surface area contributed by atoms with Gasteiger partial charge >= 0.3 is 6.09 Å². The van der Waals surface area contributed by atoms with Gasteiger partial charge in [-0.05, 0) is 39.6 Å². The van der Waals surface area contributed by atoms with E-state index in [1.54, 1.807) is 6.07 Å². The number of hydrogen-bond donors (Lipinski definition) is 1. The van der Waals surface area contributed by atoms with Gasteiger partial charge in [0.2, 0.25) is 0 Å². The Bertz CT molecular complexity index is 383. The predicted molar refractivity (Wildman–Crippen MR) is 68.1 cm³/mol. The third-order valence-electron chi connectivity index (χ3n) is 1.98. The largest absolute Gasteiger partial charge is 0.409 e. The molecule has 0 fully saturated rings. The highest BCUT2D eigenvalue weighted by Gasteiger charge is 2.19. The zero-order chi connectivity index (χ0) is 11.6. The van der Waals surface area contributed by atoms with E-state index in [4.69, 9.17) is 10.5 Å². The lowest BCUT2D eigenvalue weighted by Gasteiger charge is -2.21. The summed E-state index contributed by atoms with van der Waals surface area (Å²) in [6.07, 6.45) is -0.779. The molecule has 0 bridgehead atoms. The van der Waals surface area contributed by atoms with Gasteiger partial charge in [-0.2, -0.15) is 0 Å². The van der Waals surface area contributed by atoms with Gasteiger partial charge in [0, 0.05) is 0 Å². The zero-order valence-corrected chi connectivity index (χ0v) is 11.2. The lowest BCUT2D eigenvalue weighted by atomic mass is 9.87. The molecule has 1 amide bonds. The highest BCUT2D eigenvalue weighted by atomic mass is 127. The first-order valence-electron chi connectivity index (χ1n) is 4.58. The highest BCUT2D eigenvalue weighted by Crippen LogP contribution is 2.32. The second kappa shape index (κ2) is 4.38. The number of halogens is 1. The number of carbonyl (C=O) groups is 1. The molecule has 0 saturated carbocycles. The molecule has 2 N–H and O–H groups in total. The van der Waals surface area contributed by atoms with Crippen LogP contribution in [0, 0.1) is 3.57 Å². The molecule has 0 unspecified atom stereocenters. The van der Waals surface area contributed by atoms with E-state index in [1.165, 1.54) is 0 Å². The Morgan fingerprint density at radius 2 is 2.00 bits per heavy atom. The molecule has 1 rings (SSSR count). The molecule has 3 nitrogen and oxygen atoms in total. The summed E-state index contributed by atoms with van der Waals surface area (Å²) >= 11 is 2.17. The molecule has 15 heavy (non-hydrogen) atoms. The number of carbonyl (C=O) groups excluding carboxylic acids is 1. The van der Waals surface area contributed by atoms with Crippen LogP contribution in [-0.2, 0) is 5.41 Å². The Morgan fingerprint density at radius 1 is 1.40 bits per heavy atom. The first-order valence-corrected chi connectivity index (χ1v) is 5.66. The van der Waals surface area contributed by atoms with Gasteiger partial charge in [0.05, 0.1) is 3.57 Å². The second-order valence-electron chi connectivity index (χ2n) is 4.29. The average molecular weight is 319 g/mol. The van der Waals surface area contributed by atoms with Crippen LogP contribution in [-0.4, -0.2) is 6.09 Å². The quantitative estimate of drug-likeness (QED) is 0.809. The van der Waals surface area contributed by atoms with Crippen LogP contribution in [0.4, 0.5) is 4.79 Å². The number of amides is 1. The van der Waals surface area contributed by atoms with Crippen molar-refractivity contribution in [2.75, 3.05) is 0 Å². The third kappa shape index (κ3) is 3.09. The van der Waals surface area contributed by atoms with E-state index < -0.39 is 6.09 Å². The highest BCUT2D eigenvalue weighted by molar-refractivity contribution is 14.1. The molecule has 82 valence electrons. The van der Waals surface area contributed by atoms with Gasteiger partial charge in [-0.1, -0.05) is 32.9 Å². The smallest absolute Gasteiger partial charge is 0.409 e. The maximum absolute atomic E-state index is 10.7. The van der Waals surface area contributed by atoms with Gasteiger partial charge in [0.25, 0.3) is 0 Å². The molecule has 0 aliphatic carbocycles. The molecular weight excluding hydrogens is 305 g/mol. The minimum atomic E-state index is -0.779. The Morgan fingerprint density at radius 3 is 2.47 bits per heavy atom. The first-order chi connectivity index (χ1) is 6.82.